The molecule has 0 radical (unpaired) electrons. The molecule has 10 heteroatoms. The van der Waals surface area contributed by atoms with E-state index in [0.29, 0.717) is 10.3 Å². The first kappa shape index (κ1) is 20.3. The molecule has 0 unspecified atom stereocenters. The van der Waals surface area contributed by atoms with Crippen LogP contribution in [0.25, 0.3) is 11.0 Å². The van der Waals surface area contributed by atoms with Crippen molar-refractivity contribution in [2.24, 2.45) is 0 Å². The van der Waals surface area contributed by atoms with E-state index in [-0.39, 0.29) is 11.3 Å². The SMILES string of the molecule is CN(C)C(=O)CN(CC(F)(F)F)C(=O)COc1ccc2ccc(=O)oc2c1. The maximum atomic E-state index is 12.7. The number of nitrogens with zero attached hydrogens (tertiary/aromatic N) is 2. The first-order valence-corrected chi connectivity index (χ1v) is 7.76. The van der Waals surface area contributed by atoms with Crippen molar-refractivity contribution in [3.05, 3.63) is 40.8 Å². The summed E-state index contributed by atoms with van der Waals surface area (Å²) in [7, 11) is 2.75. The van der Waals surface area contributed by atoms with Crippen molar-refractivity contribution >= 4 is 22.8 Å². The van der Waals surface area contributed by atoms with Gasteiger partial charge in [-0.3, -0.25) is 9.59 Å². The Kier molecular flexibility index (Phi) is 6.09. The van der Waals surface area contributed by atoms with Gasteiger partial charge in [-0.25, -0.2) is 4.79 Å². The number of hydrogen-bond acceptors (Lipinski definition) is 5. The quantitative estimate of drug-likeness (QED) is 0.706. The van der Waals surface area contributed by atoms with Gasteiger partial charge in [-0.15, -0.1) is 0 Å². The van der Waals surface area contributed by atoms with Crippen molar-refractivity contribution in [3.8, 4) is 5.75 Å². The molecular formula is C17H17F3N2O5. The molecule has 0 spiro atoms. The van der Waals surface area contributed by atoms with Crippen LogP contribution in [0, 0.1) is 0 Å². The lowest BCUT2D eigenvalue weighted by Crippen LogP contribution is -2.46. The minimum absolute atomic E-state index is 0.135. The Hall–Kier alpha value is -3.04. The largest absolute Gasteiger partial charge is 0.484 e. The fourth-order valence-electron chi connectivity index (χ4n) is 2.12. The van der Waals surface area contributed by atoms with Crippen LogP contribution in [0.3, 0.4) is 0 Å². The first-order valence-electron chi connectivity index (χ1n) is 7.76. The topological polar surface area (TPSA) is 80.1 Å². The number of benzene rings is 1. The van der Waals surface area contributed by atoms with Crippen LogP contribution in [0.15, 0.2) is 39.5 Å². The van der Waals surface area contributed by atoms with E-state index in [1.807, 2.05) is 0 Å². The van der Waals surface area contributed by atoms with Gasteiger partial charge in [0.1, 0.15) is 24.4 Å². The average Bonchev–Trinajstić information content (AvgIpc) is 2.57. The molecular weight excluding hydrogens is 369 g/mol. The van der Waals surface area contributed by atoms with Crippen LogP contribution in [0.1, 0.15) is 0 Å². The molecule has 0 aliphatic rings. The molecule has 27 heavy (non-hydrogen) atoms. The van der Waals surface area contributed by atoms with Crippen LogP contribution in [-0.2, 0) is 9.59 Å². The summed E-state index contributed by atoms with van der Waals surface area (Å²) in [4.78, 5) is 36.5. The molecule has 0 atom stereocenters. The molecule has 0 aliphatic heterocycles. The summed E-state index contributed by atoms with van der Waals surface area (Å²) in [6.07, 6.45) is -4.66. The molecule has 7 nitrogen and oxygen atoms in total. The van der Waals surface area contributed by atoms with E-state index in [4.69, 9.17) is 9.15 Å². The first-order chi connectivity index (χ1) is 12.5. The third kappa shape index (κ3) is 6.01. The number of amides is 2. The molecule has 2 rings (SSSR count). The van der Waals surface area contributed by atoms with E-state index in [2.05, 4.69) is 0 Å². The summed E-state index contributed by atoms with van der Waals surface area (Å²) >= 11 is 0. The Bertz CT molecular complexity index is 892. The highest BCUT2D eigenvalue weighted by Gasteiger charge is 2.34. The number of halogens is 3. The zero-order valence-corrected chi connectivity index (χ0v) is 14.6. The Labute approximate surface area is 151 Å². The number of ether oxygens (including phenoxy) is 1. The Morgan fingerprint density at radius 3 is 2.41 bits per heavy atom. The second-order valence-corrected chi connectivity index (χ2v) is 5.90. The second-order valence-electron chi connectivity index (χ2n) is 5.90. The fourth-order valence-corrected chi connectivity index (χ4v) is 2.12. The molecule has 1 heterocycles. The monoisotopic (exact) mass is 386 g/mol. The molecule has 0 fully saturated rings. The summed E-state index contributed by atoms with van der Waals surface area (Å²) < 4.78 is 48.3. The Balaban J connectivity index is 2.09. The highest BCUT2D eigenvalue weighted by Crippen LogP contribution is 2.20. The molecule has 0 N–H and O–H groups in total. The lowest BCUT2D eigenvalue weighted by atomic mass is 10.2. The van der Waals surface area contributed by atoms with Crippen molar-refractivity contribution < 1.29 is 31.9 Å². The zero-order chi connectivity index (χ0) is 20.2. The van der Waals surface area contributed by atoms with Gasteiger partial charge in [-0.1, -0.05) is 0 Å². The fraction of sp³-hybridized carbons (Fsp3) is 0.353. The van der Waals surface area contributed by atoms with Gasteiger partial charge in [-0.2, -0.15) is 13.2 Å². The van der Waals surface area contributed by atoms with E-state index < -0.39 is 43.3 Å². The summed E-state index contributed by atoms with van der Waals surface area (Å²) in [6.45, 7) is -3.00. The lowest BCUT2D eigenvalue weighted by molar-refractivity contribution is -0.165. The molecule has 2 aromatic rings. The van der Waals surface area contributed by atoms with E-state index in [1.54, 1.807) is 6.07 Å². The Morgan fingerprint density at radius 1 is 1.11 bits per heavy atom. The van der Waals surface area contributed by atoms with Gasteiger partial charge >= 0.3 is 11.8 Å². The summed E-state index contributed by atoms with van der Waals surface area (Å²) in [5.41, 5.74) is -0.364. The van der Waals surface area contributed by atoms with Gasteiger partial charge in [-0.05, 0) is 18.2 Å². The van der Waals surface area contributed by atoms with Crippen molar-refractivity contribution in [2.45, 2.75) is 6.18 Å². The van der Waals surface area contributed by atoms with Crippen LogP contribution >= 0.6 is 0 Å². The number of carbonyl (C=O) groups excluding carboxylic acids is 2. The standard InChI is InChI=1S/C17H17F3N2O5/c1-21(2)14(23)8-22(10-17(18,19)20)15(24)9-26-12-5-3-11-4-6-16(25)27-13(11)7-12/h3-7H,8-10H2,1-2H3. The van der Waals surface area contributed by atoms with Crippen LogP contribution < -0.4 is 10.4 Å². The molecule has 0 aliphatic carbocycles. The van der Waals surface area contributed by atoms with Gasteiger partial charge in [0.2, 0.25) is 5.91 Å². The van der Waals surface area contributed by atoms with Crippen LogP contribution in [0.5, 0.6) is 5.75 Å². The molecule has 0 saturated carbocycles. The molecule has 146 valence electrons. The van der Waals surface area contributed by atoms with Gasteiger partial charge in [0.25, 0.3) is 5.91 Å². The predicted octanol–water partition coefficient (Wildman–Crippen LogP) is 1.65. The molecule has 1 aromatic carbocycles. The summed E-state index contributed by atoms with van der Waals surface area (Å²) in [5.74, 6) is -1.52. The van der Waals surface area contributed by atoms with Gasteiger partial charge in [0.15, 0.2) is 6.61 Å². The minimum atomic E-state index is -4.66. The molecule has 2 amide bonds. The van der Waals surface area contributed by atoms with Gasteiger partial charge < -0.3 is 19.0 Å². The number of rotatable bonds is 6. The number of hydrogen-bond donors (Lipinski definition) is 0. The number of carbonyl (C=O) groups is 2. The van der Waals surface area contributed by atoms with Crippen LogP contribution in [0.4, 0.5) is 13.2 Å². The highest BCUT2D eigenvalue weighted by atomic mass is 19.4. The third-order valence-electron chi connectivity index (χ3n) is 3.50. The zero-order valence-electron chi connectivity index (χ0n) is 14.6. The molecule has 1 aromatic heterocycles. The van der Waals surface area contributed by atoms with Gasteiger partial charge in [0.05, 0.1) is 0 Å². The smallest absolute Gasteiger partial charge is 0.406 e. The van der Waals surface area contributed by atoms with Crippen molar-refractivity contribution in [2.75, 3.05) is 33.8 Å². The van der Waals surface area contributed by atoms with Crippen LogP contribution in [-0.4, -0.2) is 61.6 Å². The van der Waals surface area contributed by atoms with Crippen molar-refractivity contribution in [3.63, 3.8) is 0 Å². The normalized spacial score (nSPS) is 11.3. The highest BCUT2D eigenvalue weighted by molar-refractivity contribution is 5.85. The number of fused-ring (bicyclic) bond motifs is 1. The maximum absolute atomic E-state index is 12.7. The minimum Gasteiger partial charge on any atom is -0.484 e. The number of likely N-dealkylation sites (N-methyl/N-ethyl adjacent to an activating group) is 1. The Morgan fingerprint density at radius 2 is 1.78 bits per heavy atom. The van der Waals surface area contributed by atoms with E-state index in [0.717, 1.165) is 4.90 Å². The van der Waals surface area contributed by atoms with E-state index >= 15 is 0 Å². The maximum Gasteiger partial charge on any atom is 0.406 e. The number of alkyl halides is 3. The second kappa shape index (κ2) is 8.11. The molecule has 0 bridgehead atoms. The molecule has 0 saturated heterocycles. The van der Waals surface area contributed by atoms with Crippen molar-refractivity contribution in [1.29, 1.82) is 0 Å². The van der Waals surface area contributed by atoms with E-state index in [9.17, 15) is 27.6 Å². The summed E-state index contributed by atoms with van der Waals surface area (Å²) in [6, 6.07) is 7.18. The lowest BCUT2D eigenvalue weighted by Gasteiger charge is -2.24. The third-order valence-corrected chi connectivity index (χ3v) is 3.50. The van der Waals surface area contributed by atoms with Crippen LogP contribution in [0.2, 0.25) is 0 Å². The van der Waals surface area contributed by atoms with Gasteiger partial charge in [0, 0.05) is 31.6 Å². The van der Waals surface area contributed by atoms with E-state index in [1.165, 1.54) is 38.4 Å². The average molecular weight is 386 g/mol. The summed E-state index contributed by atoms with van der Waals surface area (Å²) in [5, 5.41) is 0.614. The van der Waals surface area contributed by atoms with Crippen molar-refractivity contribution in [1.82, 2.24) is 9.80 Å². The predicted molar refractivity (Wildman–Crippen MR) is 89.3 cm³/mol.